The van der Waals surface area contributed by atoms with Crippen molar-refractivity contribution in [3.63, 3.8) is 0 Å². The van der Waals surface area contributed by atoms with Crippen LogP contribution in [0.3, 0.4) is 0 Å². The number of aromatic nitrogens is 2. The molecule has 0 bridgehead atoms. The van der Waals surface area contributed by atoms with Crippen LogP contribution in [0.2, 0.25) is 0 Å². The molecule has 0 amide bonds. The molecule has 1 aliphatic rings. The van der Waals surface area contributed by atoms with Gasteiger partial charge in [-0.3, -0.25) is 4.90 Å². The van der Waals surface area contributed by atoms with Crippen LogP contribution >= 0.6 is 0 Å². The summed E-state index contributed by atoms with van der Waals surface area (Å²) in [5.41, 5.74) is 2.52. The number of hydrogen-bond donors (Lipinski definition) is 2. The van der Waals surface area contributed by atoms with Crippen molar-refractivity contribution in [1.29, 1.82) is 0 Å². The maximum absolute atomic E-state index is 4.49. The molecule has 20 heavy (non-hydrogen) atoms. The molecule has 4 nitrogen and oxygen atoms in total. The van der Waals surface area contributed by atoms with Crippen molar-refractivity contribution in [2.45, 2.75) is 25.9 Å². The minimum absolute atomic E-state index is 0.195. The highest BCUT2D eigenvalue weighted by Crippen LogP contribution is 2.17. The fourth-order valence-electron chi connectivity index (χ4n) is 2.80. The summed E-state index contributed by atoms with van der Waals surface area (Å²) in [5.74, 6) is 0.954. The summed E-state index contributed by atoms with van der Waals surface area (Å²) in [6, 6.07) is 10.3. The Labute approximate surface area is 120 Å². The van der Waals surface area contributed by atoms with Crippen molar-refractivity contribution in [3.8, 4) is 11.4 Å². The maximum Gasteiger partial charge on any atom is 0.137 e. The van der Waals surface area contributed by atoms with Gasteiger partial charge in [0.2, 0.25) is 0 Å². The first-order valence-corrected chi connectivity index (χ1v) is 7.19. The standard InChI is InChI=1S/C16H22N4/c1-16(2)12-20(9-8-18-16)11-14-10-17-15(19-14)13-6-4-3-5-7-13/h3-7,10,18H,8-9,11-12H2,1-2H3,(H,17,19). The Kier molecular flexibility index (Phi) is 3.59. The molecule has 1 aromatic carbocycles. The second-order valence-electron chi connectivity index (χ2n) is 6.14. The second kappa shape index (κ2) is 5.38. The van der Waals surface area contributed by atoms with Gasteiger partial charge in [-0.15, -0.1) is 0 Å². The number of nitrogens with one attached hydrogen (secondary N) is 2. The molecule has 2 N–H and O–H groups in total. The van der Waals surface area contributed by atoms with E-state index in [1.165, 1.54) is 5.69 Å². The number of benzene rings is 1. The van der Waals surface area contributed by atoms with Crippen molar-refractivity contribution < 1.29 is 0 Å². The number of H-pyrrole nitrogens is 1. The van der Waals surface area contributed by atoms with Crippen LogP contribution in [0, 0.1) is 0 Å². The average molecular weight is 270 g/mol. The first kappa shape index (κ1) is 13.3. The molecule has 1 fully saturated rings. The molecule has 2 aromatic rings. The Morgan fingerprint density at radius 1 is 1.25 bits per heavy atom. The molecule has 0 radical (unpaired) electrons. The lowest BCUT2D eigenvalue weighted by Crippen LogP contribution is -2.56. The molecule has 0 aliphatic carbocycles. The summed E-state index contributed by atoms with van der Waals surface area (Å²) < 4.78 is 0. The first-order chi connectivity index (χ1) is 9.62. The Morgan fingerprint density at radius 2 is 2.05 bits per heavy atom. The van der Waals surface area contributed by atoms with Gasteiger partial charge in [-0.25, -0.2) is 4.98 Å². The molecule has 1 aromatic heterocycles. The molecule has 106 valence electrons. The van der Waals surface area contributed by atoms with Crippen LogP contribution in [-0.2, 0) is 6.54 Å². The predicted octanol–water partition coefficient (Wildman–Crippen LogP) is 2.26. The van der Waals surface area contributed by atoms with Gasteiger partial charge in [0.15, 0.2) is 0 Å². The van der Waals surface area contributed by atoms with Gasteiger partial charge >= 0.3 is 0 Å². The fraction of sp³-hybridized carbons (Fsp3) is 0.438. The number of nitrogens with zero attached hydrogens (tertiary/aromatic N) is 2. The molecule has 1 aliphatic heterocycles. The SMILES string of the molecule is CC1(C)CN(Cc2cnc(-c3ccccc3)[nH]2)CCN1. The summed E-state index contributed by atoms with van der Waals surface area (Å²) >= 11 is 0. The van der Waals surface area contributed by atoms with Crippen molar-refractivity contribution in [2.75, 3.05) is 19.6 Å². The lowest BCUT2D eigenvalue weighted by Gasteiger charge is -2.38. The molecular weight excluding hydrogens is 248 g/mol. The molecule has 3 rings (SSSR count). The molecule has 0 atom stereocenters. The van der Waals surface area contributed by atoms with Gasteiger partial charge in [0.25, 0.3) is 0 Å². The van der Waals surface area contributed by atoms with E-state index in [9.17, 15) is 0 Å². The minimum atomic E-state index is 0.195. The van der Waals surface area contributed by atoms with Crippen molar-refractivity contribution in [2.24, 2.45) is 0 Å². The summed E-state index contributed by atoms with van der Waals surface area (Å²) in [7, 11) is 0. The molecular formula is C16H22N4. The second-order valence-corrected chi connectivity index (χ2v) is 6.14. The smallest absolute Gasteiger partial charge is 0.137 e. The van der Waals surface area contributed by atoms with Crippen LogP contribution in [-0.4, -0.2) is 40.0 Å². The third-order valence-electron chi connectivity index (χ3n) is 3.72. The lowest BCUT2D eigenvalue weighted by atomic mass is 10.0. The van der Waals surface area contributed by atoms with Gasteiger partial charge in [-0.2, -0.15) is 0 Å². The number of imidazole rings is 1. The van der Waals surface area contributed by atoms with Gasteiger partial charge in [-0.05, 0) is 13.8 Å². The number of piperazine rings is 1. The van der Waals surface area contributed by atoms with Gasteiger partial charge < -0.3 is 10.3 Å². The Hall–Kier alpha value is -1.65. The van der Waals surface area contributed by atoms with Gasteiger partial charge in [0.1, 0.15) is 5.82 Å². The van der Waals surface area contributed by atoms with Gasteiger partial charge in [0.05, 0.1) is 0 Å². The number of hydrogen-bond acceptors (Lipinski definition) is 3. The lowest BCUT2D eigenvalue weighted by molar-refractivity contribution is 0.147. The molecule has 1 saturated heterocycles. The van der Waals surface area contributed by atoms with E-state index in [1.807, 2.05) is 24.4 Å². The quantitative estimate of drug-likeness (QED) is 0.899. The van der Waals surface area contributed by atoms with Crippen LogP contribution in [0.25, 0.3) is 11.4 Å². The van der Waals surface area contributed by atoms with Crippen LogP contribution in [0.5, 0.6) is 0 Å². The van der Waals surface area contributed by atoms with E-state index < -0.39 is 0 Å². The van der Waals surface area contributed by atoms with E-state index in [4.69, 9.17) is 0 Å². The summed E-state index contributed by atoms with van der Waals surface area (Å²) in [6.07, 6.45) is 1.96. The predicted molar refractivity (Wildman–Crippen MR) is 81.4 cm³/mol. The highest BCUT2D eigenvalue weighted by atomic mass is 15.2. The summed E-state index contributed by atoms with van der Waals surface area (Å²) in [4.78, 5) is 10.4. The Balaban J connectivity index is 1.69. The molecule has 0 spiro atoms. The van der Waals surface area contributed by atoms with Crippen LogP contribution in [0.15, 0.2) is 36.5 Å². The zero-order chi connectivity index (χ0) is 14.0. The fourth-order valence-corrected chi connectivity index (χ4v) is 2.80. The molecule has 2 heterocycles. The highest BCUT2D eigenvalue weighted by molar-refractivity contribution is 5.54. The van der Waals surface area contributed by atoms with E-state index >= 15 is 0 Å². The summed E-state index contributed by atoms with van der Waals surface area (Å²) in [5, 5.41) is 3.54. The van der Waals surface area contributed by atoms with Crippen LogP contribution in [0.1, 0.15) is 19.5 Å². The van der Waals surface area contributed by atoms with Gasteiger partial charge in [-0.1, -0.05) is 30.3 Å². The molecule has 0 unspecified atom stereocenters. The third kappa shape index (κ3) is 3.08. The van der Waals surface area contributed by atoms with Crippen LogP contribution < -0.4 is 5.32 Å². The highest BCUT2D eigenvalue weighted by Gasteiger charge is 2.25. The minimum Gasteiger partial charge on any atom is -0.341 e. The first-order valence-electron chi connectivity index (χ1n) is 7.19. The largest absolute Gasteiger partial charge is 0.341 e. The zero-order valence-corrected chi connectivity index (χ0v) is 12.2. The van der Waals surface area contributed by atoms with E-state index in [0.29, 0.717) is 0 Å². The third-order valence-corrected chi connectivity index (χ3v) is 3.72. The molecule has 0 saturated carbocycles. The van der Waals surface area contributed by atoms with E-state index in [-0.39, 0.29) is 5.54 Å². The Morgan fingerprint density at radius 3 is 2.80 bits per heavy atom. The zero-order valence-electron chi connectivity index (χ0n) is 12.2. The van der Waals surface area contributed by atoms with Crippen LogP contribution in [0.4, 0.5) is 0 Å². The topological polar surface area (TPSA) is 44.0 Å². The summed E-state index contributed by atoms with van der Waals surface area (Å²) in [6.45, 7) is 8.64. The molecule has 4 heteroatoms. The van der Waals surface area contributed by atoms with E-state index in [0.717, 1.165) is 37.6 Å². The average Bonchev–Trinajstić information content (AvgIpc) is 2.87. The maximum atomic E-state index is 4.49. The monoisotopic (exact) mass is 270 g/mol. The number of rotatable bonds is 3. The van der Waals surface area contributed by atoms with Crippen molar-refractivity contribution >= 4 is 0 Å². The Bertz CT molecular complexity index is 559. The van der Waals surface area contributed by atoms with E-state index in [1.54, 1.807) is 0 Å². The van der Waals surface area contributed by atoms with Crippen molar-refractivity contribution in [3.05, 3.63) is 42.2 Å². The normalized spacial score (nSPS) is 19.1. The van der Waals surface area contributed by atoms with E-state index in [2.05, 4.69) is 46.2 Å². The number of aromatic amines is 1. The van der Waals surface area contributed by atoms with Gasteiger partial charge in [0, 0.05) is 49.2 Å². The van der Waals surface area contributed by atoms with Crippen molar-refractivity contribution in [1.82, 2.24) is 20.2 Å².